The minimum atomic E-state index is -0.530. The fourth-order valence-corrected chi connectivity index (χ4v) is 1.59. The fourth-order valence-electron chi connectivity index (χ4n) is 1.52. The Hall–Kier alpha value is -2.00. The SMILES string of the molecule is COc1ccc(-c2coc(/C=C/C(=O)Cl)c2)cc1. The zero-order valence-corrected chi connectivity index (χ0v) is 10.5. The number of carbonyl (C=O) groups is 1. The molecule has 0 amide bonds. The third-order valence-electron chi connectivity index (χ3n) is 2.42. The first-order valence-electron chi connectivity index (χ1n) is 5.29. The number of hydrogen-bond donors (Lipinski definition) is 0. The Morgan fingerprint density at radius 2 is 2.00 bits per heavy atom. The van der Waals surface area contributed by atoms with Crippen molar-refractivity contribution < 1.29 is 13.9 Å². The Morgan fingerprint density at radius 1 is 1.28 bits per heavy atom. The number of ether oxygens (including phenoxy) is 1. The lowest BCUT2D eigenvalue weighted by Crippen LogP contribution is -1.81. The molecule has 0 fully saturated rings. The minimum Gasteiger partial charge on any atom is -0.497 e. The maximum absolute atomic E-state index is 10.6. The smallest absolute Gasteiger partial charge is 0.245 e. The zero-order valence-electron chi connectivity index (χ0n) is 9.72. The molecule has 1 aromatic carbocycles. The summed E-state index contributed by atoms with van der Waals surface area (Å²) in [5.74, 6) is 1.38. The molecule has 0 atom stereocenters. The van der Waals surface area contributed by atoms with E-state index in [0.717, 1.165) is 16.9 Å². The van der Waals surface area contributed by atoms with Crippen molar-refractivity contribution in [1.29, 1.82) is 0 Å². The molecular formula is C14H11ClO3. The summed E-state index contributed by atoms with van der Waals surface area (Å²) in [4.78, 5) is 10.6. The second-order valence-corrected chi connectivity index (χ2v) is 3.98. The molecule has 0 aliphatic carbocycles. The van der Waals surface area contributed by atoms with Crippen LogP contribution in [0.1, 0.15) is 5.76 Å². The largest absolute Gasteiger partial charge is 0.497 e. The summed E-state index contributed by atoms with van der Waals surface area (Å²) in [5, 5.41) is -0.530. The standard InChI is InChI=1S/C14H11ClO3/c1-17-12-4-2-10(3-5-12)11-8-13(18-9-11)6-7-14(15)16/h2-9H,1H3/b7-6+. The molecule has 0 radical (unpaired) electrons. The van der Waals surface area contributed by atoms with Gasteiger partial charge in [-0.15, -0.1) is 0 Å². The van der Waals surface area contributed by atoms with Crippen molar-refractivity contribution in [3.05, 3.63) is 48.4 Å². The van der Waals surface area contributed by atoms with Gasteiger partial charge in [-0.1, -0.05) is 12.1 Å². The van der Waals surface area contributed by atoms with Crippen molar-refractivity contribution in [3.63, 3.8) is 0 Å². The molecule has 0 saturated carbocycles. The molecule has 0 aliphatic rings. The summed E-state index contributed by atoms with van der Waals surface area (Å²) in [5.41, 5.74) is 1.94. The maximum Gasteiger partial charge on any atom is 0.245 e. The lowest BCUT2D eigenvalue weighted by molar-refractivity contribution is -0.107. The molecular weight excluding hydrogens is 252 g/mol. The van der Waals surface area contributed by atoms with Gasteiger partial charge in [0, 0.05) is 11.6 Å². The first-order chi connectivity index (χ1) is 8.69. The van der Waals surface area contributed by atoms with E-state index in [1.54, 1.807) is 13.4 Å². The molecule has 3 nitrogen and oxygen atoms in total. The van der Waals surface area contributed by atoms with Crippen molar-refractivity contribution in [3.8, 4) is 16.9 Å². The molecule has 0 N–H and O–H groups in total. The number of carbonyl (C=O) groups excluding carboxylic acids is 1. The van der Waals surface area contributed by atoms with Gasteiger partial charge in [0.2, 0.25) is 5.24 Å². The van der Waals surface area contributed by atoms with Crippen LogP contribution < -0.4 is 4.74 Å². The number of methoxy groups -OCH3 is 1. The van der Waals surface area contributed by atoms with Gasteiger partial charge < -0.3 is 9.15 Å². The molecule has 1 aromatic heterocycles. The van der Waals surface area contributed by atoms with Gasteiger partial charge in [-0.25, -0.2) is 0 Å². The molecule has 1 heterocycles. The first kappa shape index (κ1) is 12.5. The number of furan rings is 1. The predicted molar refractivity (Wildman–Crippen MR) is 70.6 cm³/mol. The van der Waals surface area contributed by atoms with E-state index < -0.39 is 5.24 Å². The average molecular weight is 263 g/mol. The van der Waals surface area contributed by atoms with Crippen molar-refractivity contribution in [2.45, 2.75) is 0 Å². The zero-order chi connectivity index (χ0) is 13.0. The number of benzene rings is 1. The highest BCUT2D eigenvalue weighted by atomic mass is 35.5. The lowest BCUT2D eigenvalue weighted by atomic mass is 10.1. The summed E-state index contributed by atoms with van der Waals surface area (Å²) in [6.45, 7) is 0. The van der Waals surface area contributed by atoms with Gasteiger partial charge in [0.15, 0.2) is 0 Å². The number of rotatable bonds is 4. The summed E-state index contributed by atoms with van der Waals surface area (Å²) in [6, 6.07) is 9.45. The predicted octanol–water partition coefficient (Wildman–Crippen LogP) is 3.73. The molecule has 4 heteroatoms. The summed E-state index contributed by atoms with van der Waals surface area (Å²) in [7, 11) is 1.62. The van der Waals surface area contributed by atoms with Crippen molar-refractivity contribution in [1.82, 2.24) is 0 Å². The maximum atomic E-state index is 10.6. The van der Waals surface area contributed by atoms with Gasteiger partial charge in [-0.2, -0.15) is 0 Å². The Kier molecular flexibility index (Phi) is 3.85. The van der Waals surface area contributed by atoms with Crippen LogP contribution in [0.4, 0.5) is 0 Å². The van der Waals surface area contributed by atoms with Crippen molar-refractivity contribution >= 4 is 22.9 Å². The molecule has 2 rings (SSSR count). The van der Waals surface area contributed by atoms with E-state index in [4.69, 9.17) is 20.8 Å². The van der Waals surface area contributed by atoms with E-state index in [2.05, 4.69) is 0 Å². The lowest BCUT2D eigenvalue weighted by Gasteiger charge is -2.00. The van der Waals surface area contributed by atoms with Gasteiger partial charge in [0.1, 0.15) is 11.5 Å². The van der Waals surface area contributed by atoms with Crippen molar-refractivity contribution in [2.75, 3.05) is 7.11 Å². The van der Waals surface area contributed by atoms with Crippen LogP contribution in [0.15, 0.2) is 47.1 Å². The van der Waals surface area contributed by atoms with Crippen LogP contribution in [0, 0.1) is 0 Å². The topological polar surface area (TPSA) is 39.4 Å². The molecule has 92 valence electrons. The normalized spacial score (nSPS) is 10.8. The molecule has 0 unspecified atom stereocenters. The van der Waals surface area contributed by atoms with Gasteiger partial charge >= 0.3 is 0 Å². The Labute approximate surface area is 110 Å². The average Bonchev–Trinajstić information content (AvgIpc) is 2.85. The Morgan fingerprint density at radius 3 is 2.61 bits per heavy atom. The van der Waals surface area contributed by atoms with Gasteiger partial charge in [-0.3, -0.25) is 4.79 Å². The summed E-state index contributed by atoms with van der Waals surface area (Å²) < 4.78 is 10.4. The van der Waals surface area contributed by atoms with Gasteiger partial charge in [0.05, 0.1) is 13.4 Å². The van der Waals surface area contributed by atoms with Crippen LogP contribution in [-0.2, 0) is 4.79 Å². The quantitative estimate of drug-likeness (QED) is 0.622. The highest BCUT2D eigenvalue weighted by molar-refractivity contribution is 6.66. The highest BCUT2D eigenvalue weighted by Gasteiger charge is 2.02. The summed E-state index contributed by atoms with van der Waals surface area (Å²) >= 11 is 5.20. The molecule has 2 aromatic rings. The third-order valence-corrected chi connectivity index (χ3v) is 2.55. The second kappa shape index (κ2) is 5.56. The van der Waals surface area contributed by atoms with Crippen LogP contribution in [-0.4, -0.2) is 12.4 Å². The summed E-state index contributed by atoms with van der Waals surface area (Å²) in [6.07, 6.45) is 4.40. The molecule has 0 saturated heterocycles. The Bertz CT molecular complexity index is 567. The highest BCUT2D eigenvalue weighted by Crippen LogP contribution is 2.24. The number of hydrogen-bond acceptors (Lipinski definition) is 3. The monoisotopic (exact) mass is 262 g/mol. The molecule has 18 heavy (non-hydrogen) atoms. The van der Waals surface area contributed by atoms with E-state index in [-0.39, 0.29) is 0 Å². The minimum absolute atomic E-state index is 0.530. The Balaban J connectivity index is 2.20. The van der Waals surface area contributed by atoms with E-state index >= 15 is 0 Å². The van der Waals surface area contributed by atoms with E-state index in [1.165, 1.54) is 12.2 Å². The van der Waals surface area contributed by atoms with Crippen LogP contribution in [0.5, 0.6) is 5.75 Å². The van der Waals surface area contributed by atoms with Crippen LogP contribution >= 0.6 is 11.6 Å². The van der Waals surface area contributed by atoms with Gasteiger partial charge in [0.25, 0.3) is 0 Å². The molecule has 0 aliphatic heterocycles. The van der Waals surface area contributed by atoms with Gasteiger partial charge in [-0.05, 0) is 41.4 Å². The van der Waals surface area contributed by atoms with Crippen molar-refractivity contribution in [2.24, 2.45) is 0 Å². The van der Waals surface area contributed by atoms with Crippen LogP contribution in [0.3, 0.4) is 0 Å². The fraction of sp³-hybridized carbons (Fsp3) is 0.0714. The second-order valence-electron chi connectivity index (χ2n) is 3.60. The van der Waals surface area contributed by atoms with E-state index in [9.17, 15) is 4.79 Å². The van der Waals surface area contributed by atoms with E-state index in [0.29, 0.717) is 5.76 Å². The van der Waals surface area contributed by atoms with Crippen LogP contribution in [0.25, 0.3) is 17.2 Å². The number of halogens is 1. The first-order valence-corrected chi connectivity index (χ1v) is 5.67. The molecule has 0 bridgehead atoms. The van der Waals surface area contributed by atoms with E-state index in [1.807, 2.05) is 30.3 Å². The number of allylic oxidation sites excluding steroid dienone is 1. The molecule has 0 spiro atoms. The van der Waals surface area contributed by atoms with Crippen LogP contribution in [0.2, 0.25) is 0 Å². The third kappa shape index (κ3) is 3.02.